The lowest BCUT2D eigenvalue weighted by Gasteiger charge is -1.97. The Labute approximate surface area is 92.6 Å². The maximum atomic E-state index is 4.16. The standard InChI is InChI=1S/C10H10N2S2/c13-9-6-11-10(12-9)14-7-8-4-2-1-3-5-8/h1-6,13H,7H2,(H,11,12). The highest BCUT2D eigenvalue weighted by Gasteiger charge is 1.98. The van der Waals surface area contributed by atoms with Crippen molar-refractivity contribution >= 4 is 24.4 Å². The monoisotopic (exact) mass is 222 g/mol. The molecule has 14 heavy (non-hydrogen) atoms. The number of thiol groups is 1. The molecule has 0 amide bonds. The number of thioether (sulfide) groups is 1. The zero-order valence-electron chi connectivity index (χ0n) is 7.47. The minimum atomic E-state index is 0.806. The molecule has 2 rings (SSSR count). The van der Waals surface area contributed by atoms with Crippen LogP contribution in [0.2, 0.25) is 0 Å². The summed E-state index contributed by atoms with van der Waals surface area (Å²) in [5.41, 5.74) is 1.30. The van der Waals surface area contributed by atoms with Crippen LogP contribution >= 0.6 is 24.4 Å². The van der Waals surface area contributed by atoms with Crippen molar-refractivity contribution in [3.8, 4) is 0 Å². The fraction of sp³-hybridized carbons (Fsp3) is 0.100. The molecule has 0 aliphatic rings. The lowest BCUT2D eigenvalue weighted by molar-refractivity contribution is 1.02. The largest absolute Gasteiger partial charge is 0.328 e. The van der Waals surface area contributed by atoms with E-state index in [1.54, 1.807) is 18.0 Å². The van der Waals surface area contributed by atoms with Crippen molar-refractivity contribution in [2.75, 3.05) is 0 Å². The van der Waals surface area contributed by atoms with Crippen molar-refractivity contribution in [3.05, 3.63) is 42.1 Å². The first-order valence-electron chi connectivity index (χ1n) is 4.25. The molecule has 0 aliphatic heterocycles. The minimum Gasteiger partial charge on any atom is -0.328 e. The number of benzene rings is 1. The third-order valence-corrected chi connectivity index (χ3v) is 2.94. The van der Waals surface area contributed by atoms with Crippen LogP contribution in [0.5, 0.6) is 0 Å². The van der Waals surface area contributed by atoms with Gasteiger partial charge in [-0.25, -0.2) is 4.98 Å². The van der Waals surface area contributed by atoms with E-state index in [4.69, 9.17) is 0 Å². The van der Waals surface area contributed by atoms with Gasteiger partial charge in [-0.15, -0.1) is 12.6 Å². The predicted octanol–water partition coefficient (Wildman–Crippen LogP) is 2.99. The molecule has 0 aliphatic carbocycles. The molecule has 1 heterocycles. The van der Waals surface area contributed by atoms with Crippen LogP contribution in [0.1, 0.15) is 5.56 Å². The second-order valence-electron chi connectivity index (χ2n) is 2.85. The molecule has 2 nitrogen and oxygen atoms in total. The average molecular weight is 222 g/mol. The molecule has 2 aromatic rings. The molecule has 1 N–H and O–H groups in total. The third-order valence-electron chi connectivity index (χ3n) is 1.76. The molecule has 1 aromatic carbocycles. The second kappa shape index (κ2) is 4.57. The molecule has 0 unspecified atom stereocenters. The number of H-pyrrole nitrogens is 1. The van der Waals surface area contributed by atoms with Crippen LogP contribution in [0, 0.1) is 0 Å². The van der Waals surface area contributed by atoms with Gasteiger partial charge in [-0.1, -0.05) is 42.1 Å². The fourth-order valence-electron chi connectivity index (χ4n) is 1.09. The summed E-state index contributed by atoms with van der Waals surface area (Å²) in [6.07, 6.45) is 1.72. The van der Waals surface area contributed by atoms with Crippen LogP contribution in [0.3, 0.4) is 0 Å². The van der Waals surface area contributed by atoms with Gasteiger partial charge in [0.05, 0.1) is 11.2 Å². The highest BCUT2D eigenvalue weighted by Crippen LogP contribution is 2.20. The van der Waals surface area contributed by atoms with E-state index in [1.807, 2.05) is 18.2 Å². The van der Waals surface area contributed by atoms with Crippen LogP contribution in [0.25, 0.3) is 0 Å². The third kappa shape index (κ3) is 2.56. The molecule has 0 saturated carbocycles. The summed E-state index contributed by atoms with van der Waals surface area (Å²) in [7, 11) is 0. The number of nitrogens with one attached hydrogen (secondary N) is 1. The van der Waals surface area contributed by atoms with Crippen molar-refractivity contribution in [3.63, 3.8) is 0 Å². The van der Waals surface area contributed by atoms with Crippen molar-refractivity contribution in [2.45, 2.75) is 15.9 Å². The zero-order chi connectivity index (χ0) is 9.80. The molecule has 0 saturated heterocycles. The Morgan fingerprint density at radius 2 is 2.07 bits per heavy atom. The van der Waals surface area contributed by atoms with E-state index in [-0.39, 0.29) is 0 Å². The van der Waals surface area contributed by atoms with E-state index in [2.05, 4.69) is 34.7 Å². The lowest BCUT2D eigenvalue weighted by Crippen LogP contribution is -1.80. The molecular weight excluding hydrogens is 212 g/mol. The number of nitrogens with zero attached hydrogens (tertiary/aromatic N) is 1. The fourth-order valence-corrected chi connectivity index (χ4v) is 2.14. The van der Waals surface area contributed by atoms with E-state index in [0.29, 0.717) is 0 Å². The summed E-state index contributed by atoms with van der Waals surface area (Å²) in [6.45, 7) is 0. The molecule has 0 atom stereocenters. The Kier molecular flexibility index (Phi) is 3.16. The maximum absolute atomic E-state index is 4.16. The highest BCUT2D eigenvalue weighted by molar-refractivity contribution is 7.98. The first kappa shape index (κ1) is 9.68. The first-order chi connectivity index (χ1) is 6.84. The Morgan fingerprint density at radius 1 is 1.29 bits per heavy atom. The summed E-state index contributed by atoms with van der Waals surface area (Å²) in [5.74, 6) is 0.932. The zero-order valence-corrected chi connectivity index (χ0v) is 9.18. The Bertz CT molecular complexity index is 398. The number of imidazole rings is 1. The van der Waals surface area contributed by atoms with Gasteiger partial charge in [0.2, 0.25) is 0 Å². The number of hydrogen-bond donors (Lipinski definition) is 2. The lowest BCUT2D eigenvalue weighted by atomic mass is 10.2. The summed E-state index contributed by atoms with van der Waals surface area (Å²) in [6, 6.07) is 10.3. The van der Waals surface area contributed by atoms with Gasteiger partial charge in [-0.2, -0.15) is 0 Å². The Balaban J connectivity index is 1.95. The summed E-state index contributed by atoms with van der Waals surface area (Å²) >= 11 is 5.83. The summed E-state index contributed by atoms with van der Waals surface area (Å²) in [4.78, 5) is 7.22. The molecule has 0 radical (unpaired) electrons. The van der Waals surface area contributed by atoms with Gasteiger partial charge in [0, 0.05) is 5.75 Å². The topological polar surface area (TPSA) is 28.7 Å². The van der Waals surface area contributed by atoms with Gasteiger partial charge in [-0.3, -0.25) is 0 Å². The van der Waals surface area contributed by atoms with Crippen molar-refractivity contribution in [2.24, 2.45) is 0 Å². The van der Waals surface area contributed by atoms with Crippen LogP contribution < -0.4 is 0 Å². The maximum Gasteiger partial charge on any atom is 0.166 e. The number of aromatic nitrogens is 2. The van der Waals surface area contributed by atoms with E-state index in [0.717, 1.165) is 15.9 Å². The Morgan fingerprint density at radius 3 is 2.71 bits per heavy atom. The normalized spacial score (nSPS) is 10.4. The van der Waals surface area contributed by atoms with Gasteiger partial charge in [0.15, 0.2) is 5.16 Å². The van der Waals surface area contributed by atoms with Crippen LogP contribution in [0.4, 0.5) is 0 Å². The van der Waals surface area contributed by atoms with Gasteiger partial charge < -0.3 is 4.98 Å². The van der Waals surface area contributed by atoms with Crippen molar-refractivity contribution in [1.29, 1.82) is 0 Å². The molecule has 0 bridgehead atoms. The van der Waals surface area contributed by atoms with E-state index >= 15 is 0 Å². The van der Waals surface area contributed by atoms with E-state index in [9.17, 15) is 0 Å². The molecule has 1 aromatic heterocycles. The van der Waals surface area contributed by atoms with Crippen LogP contribution in [0.15, 0.2) is 46.7 Å². The molecule has 0 spiro atoms. The van der Waals surface area contributed by atoms with Gasteiger partial charge in [0.1, 0.15) is 0 Å². The second-order valence-corrected chi connectivity index (χ2v) is 4.29. The number of aromatic amines is 1. The molecule has 72 valence electrons. The number of rotatable bonds is 3. The number of hydrogen-bond acceptors (Lipinski definition) is 3. The van der Waals surface area contributed by atoms with Gasteiger partial charge in [0.25, 0.3) is 0 Å². The van der Waals surface area contributed by atoms with Crippen LogP contribution in [-0.2, 0) is 5.75 Å². The smallest absolute Gasteiger partial charge is 0.166 e. The highest BCUT2D eigenvalue weighted by atomic mass is 32.2. The summed E-state index contributed by atoms with van der Waals surface area (Å²) in [5, 5.41) is 1.72. The Hall–Kier alpha value is -0.870. The van der Waals surface area contributed by atoms with Crippen molar-refractivity contribution < 1.29 is 0 Å². The minimum absolute atomic E-state index is 0.806. The van der Waals surface area contributed by atoms with Crippen LogP contribution in [-0.4, -0.2) is 9.97 Å². The van der Waals surface area contributed by atoms with E-state index in [1.165, 1.54) is 5.56 Å². The average Bonchev–Trinajstić information content (AvgIpc) is 2.63. The molecular formula is C10H10N2S2. The summed E-state index contributed by atoms with van der Waals surface area (Å²) < 4.78 is 0. The molecule has 4 heteroatoms. The SMILES string of the molecule is Sc1cnc(SCc2ccccc2)[nH]1. The molecule has 0 fully saturated rings. The van der Waals surface area contributed by atoms with Crippen molar-refractivity contribution in [1.82, 2.24) is 9.97 Å². The first-order valence-corrected chi connectivity index (χ1v) is 5.68. The van der Waals surface area contributed by atoms with Gasteiger partial charge >= 0.3 is 0 Å². The quantitative estimate of drug-likeness (QED) is 0.617. The predicted molar refractivity (Wildman–Crippen MR) is 61.8 cm³/mol. The van der Waals surface area contributed by atoms with Gasteiger partial charge in [-0.05, 0) is 5.56 Å². The van der Waals surface area contributed by atoms with E-state index < -0.39 is 0 Å².